The van der Waals surface area contributed by atoms with Crippen molar-refractivity contribution in [1.29, 1.82) is 0 Å². The van der Waals surface area contributed by atoms with Crippen LogP contribution in [0.4, 0.5) is 22.0 Å². The maximum atomic E-state index is 13.4. The highest BCUT2D eigenvalue weighted by molar-refractivity contribution is 7.80. The number of carbonyl (C=O) groups excluding carboxylic acids is 2. The number of amides is 2. The van der Waals surface area contributed by atoms with Crippen molar-refractivity contribution in [2.45, 2.75) is 52.4 Å². The zero-order chi connectivity index (χ0) is 26.8. The van der Waals surface area contributed by atoms with E-state index in [1.165, 1.54) is 10.0 Å². The van der Waals surface area contributed by atoms with Crippen molar-refractivity contribution in [2.75, 3.05) is 6.54 Å². The summed E-state index contributed by atoms with van der Waals surface area (Å²) in [4.78, 5) is 27.3. The fourth-order valence-electron chi connectivity index (χ4n) is 3.17. The Morgan fingerprint density at radius 2 is 1.43 bits per heavy atom. The number of hydrogen-bond acceptors (Lipinski definition) is 4. The topological polar surface area (TPSA) is 49.9 Å². The first-order valence-corrected chi connectivity index (χ1v) is 10.9. The van der Waals surface area contributed by atoms with Crippen molar-refractivity contribution in [3.8, 4) is 5.75 Å². The minimum atomic E-state index is -5.90. The molecule has 0 saturated carbocycles. The Bertz CT molecular complexity index is 1100. The van der Waals surface area contributed by atoms with Crippen molar-refractivity contribution < 1.29 is 36.3 Å². The predicted molar refractivity (Wildman–Crippen MR) is 125 cm³/mol. The normalized spacial score (nSPS) is 12.2. The zero-order valence-corrected chi connectivity index (χ0v) is 20.6. The number of rotatable bonds is 6. The van der Waals surface area contributed by atoms with E-state index in [-0.39, 0.29) is 12.1 Å². The fourth-order valence-corrected chi connectivity index (χ4v) is 3.29. The highest BCUT2D eigenvalue weighted by Gasteiger charge is 2.61. The Morgan fingerprint density at radius 1 is 0.886 bits per heavy atom. The van der Waals surface area contributed by atoms with Crippen molar-refractivity contribution in [1.82, 2.24) is 10.0 Å². The lowest BCUT2D eigenvalue weighted by Crippen LogP contribution is -2.58. The van der Waals surface area contributed by atoms with Crippen LogP contribution in [0.1, 0.15) is 60.9 Å². The average Bonchev–Trinajstić information content (AvgIpc) is 2.75. The molecular formula is C24H25F5N2O3S. The van der Waals surface area contributed by atoms with Crippen LogP contribution in [-0.2, 0) is 0 Å². The molecule has 0 aliphatic carbocycles. The summed E-state index contributed by atoms with van der Waals surface area (Å²) < 4.78 is 67.3. The van der Waals surface area contributed by atoms with Gasteiger partial charge in [-0.25, -0.2) is 10.0 Å². The van der Waals surface area contributed by atoms with E-state index >= 15 is 0 Å². The van der Waals surface area contributed by atoms with Crippen LogP contribution in [0.2, 0.25) is 0 Å². The fraction of sp³-hybridized carbons (Fsp3) is 0.375. The molecule has 2 amide bonds. The van der Waals surface area contributed by atoms with Gasteiger partial charge in [-0.1, -0.05) is 24.4 Å². The summed E-state index contributed by atoms with van der Waals surface area (Å²) >= 11 is 5.17. The van der Waals surface area contributed by atoms with Crippen LogP contribution in [0, 0.1) is 0 Å². The molecule has 5 nitrogen and oxygen atoms in total. The molecule has 0 atom stereocenters. The molecule has 2 aromatic carbocycles. The molecule has 0 radical (unpaired) electrons. The van der Waals surface area contributed by atoms with E-state index in [0.29, 0.717) is 16.0 Å². The molecule has 0 bridgehead atoms. The van der Waals surface area contributed by atoms with Gasteiger partial charge in [-0.15, -0.1) is 0 Å². The van der Waals surface area contributed by atoms with Gasteiger partial charge in [0.2, 0.25) is 0 Å². The zero-order valence-electron chi connectivity index (χ0n) is 19.7. The quantitative estimate of drug-likeness (QED) is 0.196. The number of ether oxygens (including phenoxy) is 1. The van der Waals surface area contributed by atoms with Crippen LogP contribution >= 0.6 is 12.2 Å². The van der Waals surface area contributed by atoms with Gasteiger partial charge in [-0.05, 0) is 76.6 Å². The van der Waals surface area contributed by atoms with E-state index in [9.17, 15) is 31.5 Å². The predicted octanol–water partition coefficient (Wildman–Crippen LogP) is 6.28. The third-order valence-electron chi connectivity index (χ3n) is 4.80. The molecule has 2 rings (SSSR count). The molecule has 190 valence electrons. The molecule has 0 saturated heterocycles. The standard InChI is InChI=1S/C24H25F5N2O3S/c1-6-30(20(32)18-9-7-8-17(14-18)15(2)35)31(22(3,4)5)21(33)16-10-12-19(13-11-16)34-24(28,29)23(25,26)27/h7-14H,6H2,1-5H3. The third kappa shape index (κ3) is 6.53. The van der Waals surface area contributed by atoms with Gasteiger partial charge in [-0.2, -0.15) is 22.0 Å². The van der Waals surface area contributed by atoms with E-state index in [0.717, 1.165) is 24.3 Å². The lowest BCUT2D eigenvalue weighted by Gasteiger charge is -2.43. The highest BCUT2D eigenvalue weighted by Crippen LogP contribution is 2.37. The van der Waals surface area contributed by atoms with Crippen molar-refractivity contribution in [3.63, 3.8) is 0 Å². The Morgan fingerprint density at radius 3 is 1.89 bits per heavy atom. The third-order valence-corrected chi connectivity index (χ3v) is 5.03. The molecular weight excluding hydrogens is 491 g/mol. The number of halogens is 5. The van der Waals surface area contributed by atoms with Gasteiger partial charge in [0.25, 0.3) is 11.8 Å². The lowest BCUT2D eigenvalue weighted by molar-refractivity contribution is -0.360. The van der Waals surface area contributed by atoms with E-state index in [2.05, 4.69) is 4.74 Å². The molecule has 0 spiro atoms. The molecule has 0 aliphatic heterocycles. The summed E-state index contributed by atoms with van der Waals surface area (Å²) in [6, 6.07) is 10.4. The maximum absolute atomic E-state index is 13.4. The monoisotopic (exact) mass is 516 g/mol. The van der Waals surface area contributed by atoms with Crippen LogP contribution in [0.25, 0.3) is 0 Å². The summed E-state index contributed by atoms with van der Waals surface area (Å²) in [5, 5.41) is 2.45. The minimum absolute atomic E-state index is 0.0441. The van der Waals surface area contributed by atoms with E-state index < -0.39 is 35.4 Å². The number of alkyl halides is 5. The Hall–Kier alpha value is -3.08. The molecule has 0 fully saturated rings. The maximum Gasteiger partial charge on any atom is 0.499 e. The van der Waals surface area contributed by atoms with E-state index in [1.54, 1.807) is 58.9 Å². The van der Waals surface area contributed by atoms with Crippen molar-refractivity contribution in [3.05, 3.63) is 65.2 Å². The smallest absolute Gasteiger partial charge is 0.426 e. The number of carbonyl (C=O) groups is 2. The van der Waals surface area contributed by atoms with Crippen LogP contribution in [0.5, 0.6) is 5.75 Å². The van der Waals surface area contributed by atoms with Gasteiger partial charge in [0, 0.05) is 22.5 Å². The largest absolute Gasteiger partial charge is 0.499 e. The summed E-state index contributed by atoms with van der Waals surface area (Å²) in [5.41, 5.74) is 0.0340. The molecule has 0 aromatic heterocycles. The second kappa shape index (κ2) is 10.3. The molecule has 35 heavy (non-hydrogen) atoms. The number of hydrazine groups is 1. The van der Waals surface area contributed by atoms with Crippen molar-refractivity contribution >= 4 is 28.9 Å². The van der Waals surface area contributed by atoms with E-state index in [1.807, 2.05) is 0 Å². The average molecular weight is 517 g/mol. The van der Waals surface area contributed by atoms with Crippen LogP contribution in [0.15, 0.2) is 48.5 Å². The Kier molecular flexibility index (Phi) is 8.26. The van der Waals surface area contributed by atoms with Crippen molar-refractivity contribution in [2.24, 2.45) is 0 Å². The first-order valence-electron chi connectivity index (χ1n) is 10.5. The Balaban J connectivity index is 2.39. The highest BCUT2D eigenvalue weighted by atomic mass is 32.1. The van der Waals surface area contributed by atoms with Gasteiger partial charge in [-0.3, -0.25) is 9.59 Å². The van der Waals surface area contributed by atoms with E-state index in [4.69, 9.17) is 12.2 Å². The second-order valence-corrected chi connectivity index (χ2v) is 9.20. The van der Waals surface area contributed by atoms with Gasteiger partial charge < -0.3 is 4.74 Å². The minimum Gasteiger partial charge on any atom is -0.426 e. The number of hydrogen-bond donors (Lipinski definition) is 0. The first kappa shape index (κ1) is 28.2. The van der Waals surface area contributed by atoms with Gasteiger partial charge >= 0.3 is 12.3 Å². The summed E-state index contributed by atoms with van der Waals surface area (Å²) in [5.74, 6) is -1.91. The number of thiocarbonyl (C=S) groups is 1. The first-order chi connectivity index (χ1) is 16.0. The second-order valence-electron chi connectivity index (χ2n) is 8.59. The van der Waals surface area contributed by atoms with Crippen LogP contribution in [-0.4, -0.2) is 51.1 Å². The lowest BCUT2D eigenvalue weighted by atomic mass is 10.0. The SMILES string of the molecule is CCN(C(=O)c1cccc(C(C)=S)c1)N(C(=O)c1ccc(OC(F)(F)C(F)(F)F)cc1)C(C)(C)C. The van der Waals surface area contributed by atoms with Crippen LogP contribution in [0.3, 0.4) is 0 Å². The van der Waals surface area contributed by atoms with Gasteiger partial charge in [0.1, 0.15) is 5.75 Å². The van der Waals surface area contributed by atoms with Gasteiger partial charge in [0.15, 0.2) is 0 Å². The van der Waals surface area contributed by atoms with Crippen LogP contribution < -0.4 is 4.74 Å². The number of benzene rings is 2. The summed E-state index contributed by atoms with van der Waals surface area (Å²) in [6.07, 6.45) is -11.3. The van der Waals surface area contributed by atoms with Gasteiger partial charge in [0.05, 0.1) is 5.54 Å². The molecule has 0 aliphatic rings. The summed E-state index contributed by atoms with van der Waals surface area (Å²) in [7, 11) is 0. The molecule has 11 heteroatoms. The molecule has 0 unspecified atom stereocenters. The molecule has 0 N–H and O–H groups in total. The summed E-state index contributed by atoms with van der Waals surface area (Å²) in [6.45, 7) is 8.59. The Labute approximate surface area is 205 Å². The number of nitrogens with zero attached hydrogens (tertiary/aromatic N) is 2. The molecule has 0 heterocycles. The molecule has 2 aromatic rings.